The number of furan rings is 1. The lowest BCUT2D eigenvalue weighted by Crippen LogP contribution is -2.63. The first-order valence-corrected chi connectivity index (χ1v) is 16.1. The molecule has 0 spiro atoms. The maximum absolute atomic E-state index is 6.53. The number of hydrogen-bond donors (Lipinski definition) is 0. The van der Waals surface area contributed by atoms with E-state index in [-0.39, 0.29) is 18.2 Å². The standard InChI is InChI=1S/C41H35BN2O/c1-26-23-34-39-35(24-26)44(29-15-9-6-10-16-29)33-25-27(41(2,3)4)19-20-31(33)42(39)40-32(43(34)28-13-7-5-8-14-28)21-22-37-38(40)30-17-11-12-18-36(30)45-37/h5-15,17-25,29H,16H2,1-4H3. The molecule has 1 aromatic heterocycles. The molecule has 0 radical (unpaired) electrons. The van der Waals surface area contributed by atoms with Gasteiger partial charge in [-0.1, -0.05) is 93.6 Å². The summed E-state index contributed by atoms with van der Waals surface area (Å²) in [6.07, 6.45) is 10.0. The Hall–Kier alpha value is -4.96. The lowest BCUT2D eigenvalue weighted by Gasteiger charge is -2.46. The zero-order chi connectivity index (χ0) is 30.4. The molecule has 3 heterocycles. The molecule has 0 saturated heterocycles. The van der Waals surface area contributed by atoms with Crippen LogP contribution in [0.3, 0.4) is 0 Å². The molecule has 3 nitrogen and oxygen atoms in total. The molecule has 1 unspecified atom stereocenters. The van der Waals surface area contributed by atoms with E-state index >= 15 is 0 Å². The predicted molar refractivity (Wildman–Crippen MR) is 192 cm³/mol. The monoisotopic (exact) mass is 582 g/mol. The maximum Gasteiger partial charge on any atom is 0.253 e. The van der Waals surface area contributed by atoms with E-state index < -0.39 is 0 Å². The Morgan fingerprint density at radius 3 is 2.33 bits per heavy atom. The minimum Gasteiger partial charge on any atom is -0.456 e. The van der Waals surface area contributed by atoms with Crippen molar-refractivity contribution >= 4 is 73.5 Å². The zero-order valence-electron chi connectivity index (χ0n) is 26.2. The van der Waals surface area contributed by atoms with Crippen molar-refractivity contribution in [2.24, 2.45) is 0 Å². The third-order valence-electron chi connectivity index (χ3n) is 9.93. The minimum atomic E-state index is 0.0314. The van der Waals surface area contributed by atoms with E-state index in [4.69, 9.17) is 4.42 Å². The molecule has 2 aliphatic heterocycles. The topological polar surface area (TPSA) is 19.6 Å². The van der Waals surface area contributed by atoms with E-state index in [1.165, 1.54) is 61.0 Å². The van der Waals surface area contributed by atoms with Gasteiger partial charge >= 0.3 is 0 Å². The van der Waals surface area contributed by atoms with Crippen molar-refractivity contribution in [3.05, 3.63) is 132 Å². The Morgan fingerprint density at radius 1 is 0.733 bits per heavy atom. The van der Waals surface area contributed by atoms with E-state index in [0.717, 1.165) is 23.3 Å². The predicted octanol–water partition coefficient (Wildman–Crippen LogP) is 8.83. The highest BCUT2D eigenvalue weighted by molar-refractivity contribution is 7.01. The summed E-state index contributed by atoms with van der Waals surface area (Å²) >= 11 is 0. The fourth-order valence-electron chi connectivity index (χ4n) is 7.91. The molecule has 0 N–H and O–H groups in total. The van der Waals surface area contributed by atoms with Crippen LogP contribution in [0.2, 0.25) is 0 Å². The third-order valence-corrected chi connectivity index (χ3v) is 9.93. The number of allylic oxidation sites excluding steroid dienone is 2. The second-order valence-electron chi connectivity index (χ2n) is 13.8. The Bertz CT molecular complexity index is 2220. The average Bonchev–Trinajstić information content (AvgIpc) is 3.43. The van der Waals surface area contributed by atoms with Crippen molar-refractivity contribution in [3.8, 4) is 0 Å². The number of hydrogen-bond acceptors (Lipinski definition) is 3. The summed E-state index contributed by atoms with van der Waals surface area (Å²) in [6.45, 7) is 9.24. The van der Waals surface area contributed by atoms with Crippen LogP contribution in [0.1, 0.15) is 38.3 Å². The lowest BCUT2D eigenvalue weighted by molar-refractivity contribution is 0.590. The number of anilines is 5. The van der Waals surface area contributed by atoms with Crippen LogP contribution in [0.4, 0.5) is 28.4 Å². The van der Waals surface area contributed by atoms with Crippen LogP contribution in [0.5, 0.6) is 0 Å². The van der Waals surface area contributed by atoms with Crippen LogP contribution in [0.25, 0.3) is 21.9 Å². The second-order valence-corrected chi connectivity index (χ2v) is 13.8. The van der Waals surface area contributed by atoms with E-state index in [9.17, 15) is 0 Å². The number of nitrogens with zero attached hydrogens (tertiary/aromatic N) is 2. The van der Waals surface area contributed by atoms with Crippen LogP contribution in [-0.4, -0.2) is 12.8 Å². The van der Waals surface area contributed by atoms with E-state index in [1.807, 2.05) is 0 Å². The molecular formula is C41H35BN2O. The highest BCUT2D eigenvalue weighted by atomic mass is 16.3. The molecule has 5 aromatic carbocycles. The summed E-state index contributed by atoms with van der Waals surface area (Å²) in [4.78, 5) is 5.12. The highest BCUT2D eigenvalue weighted by Crippen LogP contribution is 2.45. The van der Waals surface area contributed by atoms with Gasteiger partial charge in [-0.3, -0.25) is 0 Å². The van der Waals surface area contributed by atoms with E-state index in [1.54, 1.807) is 0 Å². The van der Waals surface area contributed by atoms with Gasteiger partial charge in [-0.2, -0.15) is 0 Å². The molecule has 0 bridgehead atoms. The van der Waals surface area contributed by atoms with Crippen LogP contribution in [0.15, 0.2) is 126 Å². The van der Waals surface area contributed by atoms with Gasteiger partial charge in [0.15, 0.2) is 0 Å². The van der Waals surface area contributed by atoms with Crippen LogP contribution in [0, 0.1) is 6.92 Å². The van der Waals surface area contributed by atoms with Crippen molar-refractivity contribution in [3.63, 3.8) is 0 Å². The van der Waals surface area contributed by atoms with Crippen LogP contribution in [-0.2, 0) is 5.41 Å². The summed E-state index contributed by atoms with van der Waals surface area (Å²) < 4.78 is 6.53. The molecule has 0 fully saturated rings. The van der Waals surface area contributed by atoms with Gasteiger partial charge in [-0.05, 0) is 94.8 Å². The number of para-hydroxylation sites is 2. The van der Waals surface area contributed by atoms with E-state index in [0.29, 0.717) is 0 Å². The molecule has 9 rings (SSSR count). The van der Waals surface area contributed by atoms with Gasteiger partial charge in [-0.25, -0.2) is 0 Å². The summed E-state index contributed by atoms with van der Waals surface area (Å²) in [6, 6.07) is 36.1. The maximum atomic E-state index is 6.53. The van der Waals surface area contributed by atoms with Crippen LogP contribution < -0.4 is 26.2 Å². The Kier molecular flexibility index (Phi) is 5.60. The lowest BCUT2D eigenvalue weighted by atomic mass is 9.32. The molecule has 0 amide bonds. The largest absolute Gasteiger partial charge is 0.456 e. The first-order valence-electron chi connectivity index (χ1n) is 16.1. The van der Waals surface area contributed by atoms with Gasteiger partial charge in [0.1, 0.15) is 11.2 Å². The van der Waals surface area contributed by atoms with Gasteiger partial charge < -0.3 is 14.2 Å². The van der Waals surface area contributed by atoms with Crippen molar-refractivity contribution in [2.45, 2.75) is 45.6 Å². The number of rotatable bonds is 2. The molecule has 6 aromatic rings. The van der Waals surface area contributed by atoms with Crippen molar-refractivity contribution in [1.82, 2.24) is 0 Å². The molecule has 218 valence electrons. The normalized spacial score (nSPS) is 16.7. The molecule has 45 heavy (non-hydrogen) atoms. The smallest absolute Gasteiger partial charge is 0.253 e. The van der Waals surface area contributed by atoms with Crippen molar-refractivity contribution < 1.29 is 4.42 Å². The van der Waals surface area contributed by atoms with Crippen LogP contribution >= 0.6 is 0 Å². The quantitative estimate of drug-likeness (QED) is 0.190. The highest BCUT2D eigenvalue weighted by Gasteiger charge is 2.45. The summed E-state index contributed by atoms with van der Waals surface area (Å²) in [5.41, 5.74) is 14.8. The van der Waals surface area contributed by atoms with Gasteiger partial charge in [0.05, 0.1) is 6.04 Å². The number of fused-ring (bicyclic) bond motifs is 8. The van der Waals surface area contributed by atoms with Gasteiger partial charge in [0, 0.05) is 39.2 Å². The van der Waals surface area contributed by atoms with E-state index in [2.05, 4.69) is 159 Å². The Balaban J connectivity index is 1.44. The molecule has 4 heteroatoms. The second kappa shape index (κ2) is 9.52. The number of benzene rings is 5. The van der Waals surface area contributed by atoms with Gasteiger partial charge in [0.2, 0.25) is 0 Å². The summed E-state index contributed by atoms with van der Waals surface area (Å²) in [7, 11) is 0. The summed E-state index contributed by atoms with van der Waals surface area (Å²) in [5, 5.41) is 2.39. The minimum absolute atomic E-state index is 0.0314. The fraction of sp³-hybridized carbons (Fsp3) is 0.171. The molecule has 1 atom stereocenters. The zero-order valence-corrected chi connectivity index (χ0v) is 26.2. The Morgan fingerprint density at radius 2 is 1.53 bits per heavy atom. The van der Waals surface area contributed by atoms with Crippen molar-refractivity contribution in [1.29, 1.82) is 0 Å². The third kappa shape index (κ3) is 3.85. The summed E-state index contributed by atoms with van der Waals surface area (Å²) in [5.74, 6) is 0. The van der Waals surface area contributed by atoms with Gasteiger partial charge in [-0.15, -0.1) is 0 Å². The molecule has 1 aliphatic carbocycles. The average molecular weight is 583 g/mol. The Labute approximate surface area is 265 Å². The fourth-order valence-corrected chi connectivity index (χ4v) is 7.91. The first-order chi connectivity index (χ1) is 21.9. The molecular weight excluding hydrogens is 547 g/mol. The molecule has 3 aliphatic rings. The van der Waals surface area contributed by atoms with Crippen molar-refractivity contribution in [2.75, 3.05) is 9.80 Å². The molecule has 0 saturated carbocycles. The SMILES string of the molecule is Cc1cc2c3c(c1)N(C1C=CC=CC1)c1cc(C(C)(C)C)ccc1B3c1c(ccc3oc4ccccc4c13)N2c1ccccc1. The first kappa shape index (κ1) is 26.4. The van der Waals surface area contributed by atoms with Gasteiger partial charge in [0.25, 0.3) is 6.71 Å². The number of aryl methyl sites for hydroxylation is 1.